The second-order valence-electron chi connectivity index (χ2n) is 3.11. The number of hydrogen-bond acceptors (Lipinski definition) is 2. The number of carbonyl (C=O) groups is 1. The number of Topliss-reactive ketones (excluding diaryl/α,β-unsaturated/α-hetero) is 1. The van der Waals surface area contributed by atoms with Gasteiger partial charge in [0.15, 0.2) is 12.7 Å². The second kappa shape index (κ2) is 3.48. The predicted octanol–water partition coefficient (Wildman–Crippen LogP) is 1.50. The maximum atomic E-state index is 11.7. The van der Waals surface area contributed by atoms with E-state index in [1.54, 1.807) is 6.07 Å². The van der Waals surface area contributed by atoms with E-state index in [9.17, 15) is 4.79 Å². The van der Waals surface area contributed by atoms with Gasteiger partial charge in [0.05, 0.1) is 10.0 Å². The Labute approximate surface area is 89.7 Å². The zero-order chi connectivity index (χ0) is 10.1. The Hall–Kier alpha value is -1.25. The van der Waals surface area contributed by atoms with Gasteiger partial charge in [-0.1, -0.05) is 0 Å². The van der Waals surface area contributed by atoms with Gasteiger partial charge in [-0.3, -0.25) is 10.2 Å². The largest absolute Gasteiger partial charge is 0.281 e. The van der Waals surface area contributed by atoms with Crippen LogP contribution in [-0.4, -0.2) is 11.7 Å². The average Bonchev–Trinajstić information content (AvgIpc) is 2.18. The van der Waals surface area contributed by atoms with Crippen LogP contribution < -0.4 is 4.57 Å². The van der Waals surface area contributed by atoms with E-state index in [2.05, 4.69) is 21.8 Å². The number of hydrogen-bond donors (Lipinski definition) is 1. The molecule has 0 aliphatic carbocycles. The van der Waals surface area contributed by atoms with Crippen LogP contribution in [0.4, 0.5) is 0 Å². The number of nitrogens with zero attached hydrogens (tertiary/aromatic N) is 1. The van der Waals surface area contributed by atoms with Crippen LogP contribution in [0.25, 0.3) is 0 Å². The van der Waals surface area contributed by atoms with E-state index in [-0.39, 0.29) is 5.78 Å². The summed E-state index contributed by atoms with van der Waals surface area (Å²) in [5, 5.41) is 6.98. The molecule has 0 amide bonds. The van der Waals surface area contributed by atoms with E-state index in [1.165, 1.54) is 0 Å². The number of aromatic nitrogens is 1. The van der Waals surface area contributed by atoms with Crippen molar-refractivity contribution in [2.24, 2.45) is 0 Å². The van der Waals surface area contributed by atoms with Gasteiger partial charge in [-0.05, 0) is 27.9 Å². The molecule has 0 aromatic carbocycles. The summed E-state index contributed by atoms with van der Waals surface area (Å²) in [7, 11) is 0. The summed E-state index contributed by atoms with van der Waals surface area (Å²) in [5.41, 5.74) is 1.10. The molecule has 0 fully saturated rings. The van der Waals surface area contributed by atoms with Gasteiger partial charge >= 0.3 is 0 Å². The lowest BCUT2D eigenvalue weighted by molar-refractivity contribution is -0.700. The molecule has 0 atom stereocenters. The van der Waals surface area contributed by atoms with E-state index in [1.807, 2.05) is 16.8 Å². The van der Waals surface area contributed by atoms with Gasteiger partial charge in [-0.15, -0.1) is 0 Å². The van der Waals surface area contributed by atoms with Gasteiger partial charge in [0, 0.05) is 12.5 Å². The highest BCUT2D eigenvalue weighted by Crippen LogP contribution is 2.14. The third-order valence-electron chi connectivity index (χ3n) is 2.25. The fourth-order valence-electron chi connectivity index (χ4n) is 1.53. The first-order chi connectivity index (χ1) is 6.72. The zero-order valence-corrected chi connectivity index (χ0v) is 8.97. The molecular weight excluding hydrogens is 244 g/mol. The first-order valence-electron chi connectivity index (χ1n) is 4.24. The quantitative estimate of drug-likeness (QED) is 0.424. The minimum atomic E-state index is -0.0845. The summed E-state index contributed by atoms with van der Waals surface area (Å²) in [6, 6.07) is 3.60. The molecule has 0 saturated carbocycles. The minimum Gasteiger partial charge on any atom is -0.281 e. The Morgan fingerprint density at radius 2 is 2.29 bits per heavy atom. The molecule has 4 heteroatoms. The lowest BCUT2D eigenvalue weighted by atomic mass is 10.0. The third-order valence-corrected chi connectivity index (χ3v) is 2.72. The predicted molar refractivity (Wildman–Crippen MR) is 54.5 cm³/mol. The van der Waals surface area contributed by atoms with Crippen molar-refractivity contribution < 1.29 is 9.36 Å². The normalized spacial score (nSPS) is 14.9. The van der Waals surface area contributed by atoms with Crippen LogP contribution in [0.1, 0.15) is 16.9 Å². The highest BCUT2D eigenvalue weighted by atomic mass is 79.9. The summed E-state index contributed by atoms with van der Waals surface area (Å²) in [6.45, 7) is 0.738. The van der Waals surface area contributed by atoms with Crippen LogP contribution in [-0.2, 0) is 6.54 Å². The van der Waals surface area contributed by atoms with Crippen LogP contribution in [0.3, 0.4) is 0 Å². The molecule has 1 aliphatic rings. The van der Waals surface area contributed by atoms with Crippen molar-refractivity contribution in [1.82, 2.24) is 0 Å². The Bertz CT molecular complexity index is 461. The first-order valence-corrected chi connectivity index (χ1v) is 5.04. The highest BCUT2D eigenvalue weighted by Gasteiger charge is 2.28. The molecule has 14 heavy (non-hydrogen) atoms. The Morgan fingerprint density at radius 1 is 1.50 bits per heavy atom. The fraction of sp³-hybridized carbons (Fsp3) is 0.200. The maximum Gasteiger partial charge on any atom is 0.262 e. The van der Waals surface area contributed by atoms with Crippen molar-refractivity contribution in [1.29, 1.82) is 5.41 Å². The van der Waals surface area contributed by atoms with Crippen LogP contribution >= 0.6 is 15.9 Å². The number of carbonyl (C=O) groups excluding carboxylic acids is 1. The molecule has 0 saturated heterocycles. The Kier molecular flexibility index (Phi) is 2.32. The average molecular weight is 252 g/mol. The lowest BCUT2D eigenvalue weighted by Gasteiger charge is -2.09. The SMILES string of the molecule is N=C=C1CC[n+]2cc(Br)ccc2C1=O. The molecule has 1 aromatic rings. The number of halogens is 1. The lowest BCUT2D eigenvalue weighted by Crippen LogP contribution is -2.44. The van der Waals surface area contributed by atoms with E-state index >= 15 is 0 Å². The van der Waals surface area contributed by atoms with Crippen LogP contribution in [0, 0.1) is 5.41 Å². The molecule has 2 rings (SSSR count). The van der Waals surface area contributed by atoms with Crippen molar-refractivity contribution in [3.8, 4) is 0 Å². The molecule has 0 spiro atoms. The zero-order valence-electron chi connectivity index (χ0n) is 7.38. The van der Waals surface area contributed by atoms with Gasteiger partial charge < -0.3 is 0 Å². The smallest absolute Gasteiger partial charge is 0.262 e. The Balaban J connectivity index is 2.57. The van der Waals surface area contributed by atoms with E-state index in [0.717, 1.165) is 11.0 Å². The number of aryl methyl sites for hydroxylation is 1. The molecule has 0 radical (unpaired) electrons. The highest BCUT2D eigenvalue weighted by molar-refractivity contribution is 9.10. The fourth-order valence-corrected chi connectivity index (χ4v) is 1.91. The monoisotopic (exact) mass is 251 g/mol. The Morgan fingerprint density at radius 3 is 3.00 bits per heavy atom. The van der Waals surface area contributed by atoms with Crippen molar-refractivity contribution >= 4 is 27.6 Å². The summed E-state index contributed by atoms with van der Waals surface area (Å²) in [5.74, 6) is 2.12. The number of rotatable bonds is 0. The van der Waals surface area contributed by atoms with Gasteiger partial charge in [0.2, 0.25) is 0 Å². The van der Waals surface area contributed by atoms with Gasteiger partial charge in [-0.25, -0.2) is 0 Å². The third kappa shape index (κ3) is 1.43. The topological polar surface area (TPSA) is 44.8 Å². The molecule has 1 aliphatic heterocycles. The first kappa shape index (κ1) is 9.31. The minimum absolute atomic E-state index is 0.0845. The summed E-state index contributed by atoms with van der Waals surface area (Å²) >= 11 is 3.35. The van der Waals surface area contributed by atoms with Crippen molar-refractivity contribution in [2.45, 2.75) is 13.0 Å². The molecule has 70 valence electrons. The molecule has 2 heterocycles. The summed E-state index contributed by atoms with van der Waals surface area (Å²) < 4.78 is 2.85. The molecule has 0 bridgehead atoms. The van der Waals surface area contributed by atoms with Gasteiger partial charge in [0.25, 0.3) is 11.5 Å². The summed E-state index contributed by atoms with van der Waals surface area (Å²) in [6.07, 6.45) is 2.48. The van der Waals surface area contributed by atoms with Crippen LogP contribution in [0.2, 0.25) is 0 Å². The molecular formula is C10H8BrN2O+. The second-order valence-corrected chi connectivity index (χ2v) is 4.02. The number of fused-ring (bicyclic) bond motifs is 1. The number of ketones is 1. The summed E-state index contributed by atoms with van der Waals surface area (Å²) in [4.78, 5) is 11.7. The van der Waals surface area contributed by atoms with Crippen LogP contribution in [0.5, 0.6) is 0 Å². The van der Waals surface area contributed by atoms with E-state index in [4.69, 9.17) is 5.41 Å². The van der Waals surface area contributed by atoms with Crippen molar-refractivity contribution in [3.05, 3.63) is 34.1 Å². The molecule has 0 unspecified atom stereocenters. The number of pyridine rings is 1. The molecule has 3 nitrogen and oxygen atoms in total. The maximum absolute atomic E-state index is 11.7. The number of allylic oxidation sites excluding steroid dienone is 1. The van der Waals surface area contributed by atoms with Crippen LogP contribution in [0.15, 0.2) is 28.4 Å². The van der Waals surface area contributed by atoms with Gasteiger partial charge in [0.1, 0.15) is 0 Å². The van der Waals surface area contributed by atoms with Crippen molar-refractivity contribution in [3.63, 3.8) is 0 Å². The number of nitrogens with one attached hydrogen (secondary N) is 1. The standard InChI is InChI=1S/C10H8BrN2O/c11-8-1-2-9-10(14)7(5-12)3-4-13(9)6-8/h1-2,6,12H,3-4H2/q+1. The molecule has 1 aromatic heterocycles. The van der Waals surface area contributed by atoms with E-state index in [0.29, 0.717) is 17.7 Å². The van der Waals surface area contributed by atoms with E-state index < -0.39 is 0 Å². The van der Waals surface area contributed by atoms with Gasteiger partial charge in [-0.2, -0.15) is 4.57 Å². The molecule has 1 N–H and O–H groups in total. The van der Waals surface area contributed by atoms with Crippen molar-refractivity contribution in [2.75, 3.05) is 0 Å².